The standard InChI is InChI=1S/C25H27N3O/c1-27-14-15-28(18-20-10-12-26-13-11-20)19-24(25(27)29)17-21-6-5-9-23(16-21)22-7-3-2-4-8-22/h2-13,16,24H,14-15,17-19H2,1H3. The number of nitrogens with zero attached hydrogens (tertiary/aromatic N) is 3. The third-order valence-corrected chi connectivity index (χ3v) is 5.63. The minimum Gasteiger partial charge on any atom is -0.344 e. The summed E-state index contributed by atoms with van der Waals surface area (Å²) in [6.07, 6.45) is 4.42. The summed E-state index contributed by atoms with van der Waals surface area (Å²) in [4.78, 5) is 21.4. The van der Waals surface area contributed by atoms with Gasteiger partial charge in [0.25, 0.3) is 0 Å². The van der Waals surface area contributed by atoms with Gasteiger partial charge in [-0.3, -0.25) is 14.7 Å². The topological polar surface area (TPSA) is 36.4 Å². The monoisotopic (exact) mass is 385 g/mol. The molecule has 1 fully saturated rings. The molecule has 4 heteroatoms. The smallest absolute Gasteiger partial charge is 0.227 e. The van der Waals surface area contributed by atoms with Crippen molar-refractivity contribution in [3.63, 3.8) is 0 Å². The average Bonchev–Trinajstić information content (AvgIpc) is 2.89. The largest absolute Gasteiger partial charge is 0.344 e. The van der Waals surface area contributed by atoms with Gasteiger partial charge in [0.1, 0.15) is 0 Å². The van der Waals surface area contributed by atoms with E-state index in [1.54, 1.807) is 0 Å². The molecule has 0 radical (unpaired) electrons. The highest BCUT2D eigenvalue weighted by Gasteiger charge is 2.28. The first-order valence-corrected chi connectivity index (χ1v) is 10.2. The second-order valence-corrected chi connectivity index (χ2v) is 7.82. The number of hydrogen-bond acceptors (Lipinski definition) is 3. The molecular weight excluding hydrogens is 358 g/mol. The van der Waals surface area contributed by atoms with E-state index in [9.17, 15) is 4.79 Å². The van der Waals surface area contributed by atoms with Gasteiger partial charge in [0, 0.05) is 45.6 Å². The lowest BCUT2D eigenvalue weighted by atomic mass is 9.95. The molecule has 1 aromatic heterocycles. The van der Waals surface area contributed by atoms with Crippen molar-refractivity contribution in [3.05, 3.63) is 90.3 Å². The summed E-state index contributed by atoms with van der Waals surface area (Å²) in [6, 6.07) is 23.1. The minimum atomic E-state index is -0.0321. The zero-order valence-corrected chi connectivity index (χ0v) is 16.9. The number of rotatable bonds is 5. The summed E-state index contributed by atoms with van der Waals surface area (Å²) in [6.45, 7) is 3.29. The van der Waals surface area contributed by atoms with Gasteiger partial charge in [-0.1, -0.05) is 54.6 Å². The Kier molecular flexibility index (Phi) is 6.01. The molecule has 0 N–H and O–H groups in total. The molecule has 1 saturated heterocycles. The fourth-order valence-electron chi connectivity index (χ4n) is 4.03. The lowest BCUT2D eigenvalue weighted by Crippen LogP contribution is -2.34. The lowest BCUT2D eigenvalue weighted by Gasteiger charge is -2.23. The number of amides is 1. The molecule has 1 unspecified atom stereocenters. The SMILES string of the molecule is CN1CCN(Cc2ccncc2)CC(Cc2cccc(-c3ccccc3)c2)C1=O. The molecule has 1 amide bonds. The van der Waals surface area contributed by atoms with Crippen LogP contribution in [0, 0.1) is 5.92 Å². The first-order valence-electron chi connectivity index (χ1n) is 10.2. The number of pyridine rings is 1. The molecule has 3 aromatic rings. The Morgan fingerprint density at radius 2 is 1.66 bits per heavy atom. The molecule has 0 bridgehead atoms. The quantitative estimate of drug-likeness (QED) is 0.669. The van der Waals surface area contributed by atoms with Gasteiger partial charge in [0.15, 0.2) is 0 Å². The van der Waals surface area contributed by atoms with Crippen LogP contribution in [0.2, 0.25) is 0 Å². The maximum absolute atomic E-state index is 13.0. The van der Waals surface area contributed by atoms with Crippen LogP contribution in [0.4, 0.5) is 0 Å². The normalized spacial score (nSPS) is 17.9. The molecule has 1 aliphatic rings. The van der Waals surface area contributed by atoms with E-state index in [4.69, 9.17) is 0 Å². The lowest BCUT2D eigenvalue weighted by molar-refractivity contribution is -0.133. The van der Waals surface area contributed by atoms with Crippen LogP contribution in [0.1, 0.15) is 11.1 Å². The predicted octanol–water partition coefficient (Wildman–Crippen LogP) is 3.88. The molecule has 1 aliphatic heterocycles. The van der Waals surface area contributed by atoms with Gasteiger partial charge in [0.2, 0.25) is 5.91 Å². The fraction of sp³-hybridized carbons (Fsp3) is 0.280. The Balaban J connectivity index is 1.52. The van der Waals surface area contributed by atoms with Crippen LogP contribution in [0.5, 0.6) is 0 Å². The van der Waals surface area contributed by atoms with E-state index < -0.39 is 0 Å². The van der Waals surface area contributed by atoms with Gasteiger partial charge in [-0.15, -0.1) is 0 Å². The van der Waals surface area contributed by atoms with E-state index in [1.165, 1.54) is 22.3 Å². The van der Waals surface area contributed by atoms with Crippen molar-refractivity contribution in [2.75, 3.05) is 26.7 Å². The third-order valence-electron chi connectivity index (χ3n) is 5.63. The summed E-state index contributed by atoms with van der Waals surface area (Å²) in [5.74, 6) is 0.211. The third kappa shape index (κ3) is 4.90. The highest BCUT2D eigenvalue weighted by atomic mass is 16.2. The van der Waals surface area contributed by atoms with E-state index in [0.717, 1.165) is 32.6 Å². The first kappa shape index (κ1) is 19.3. The highest BCUT2D eigenvalue weighted by molar-refractivity contribution is 5.79. The van der Waals surface area contributed by atoms with E-state index in [-0.39, 0.29) is 11.8 Å². The Labute approximate surface area is 172 Å². The fourth-order valence-corrected chi connectivity index (χ4v) is 4.03. The highest BCUT2D eigenvalue weighted by Crippen LogP contribution is 2.23. The van der Waals surface area contributed by atoms with Crippen molar-refractivity contribution < 1.29 is 4.79 Å². The van der Waals surface area contributed by atoms with Crippen LogP contribution in [-0.2, 0) is 17.8 Å². The number of benzene rings is 2. The van der Waals surface area contributed by atoms with Crippen molar-refractivity contribution in [2.24, 2.45) is 5.92 Å². The molecule has 2 heterocycles. The van der Waals surface area contributed by atoms with Gasteiger partial charge in [0.05, 0.1) is 5.92 Å². The van der Waals surface area contributed by atoms with Gasteiger partial charge in [-0.05, 0) is 40.8 Å². The second-order valence-electron chi connectivity index (χ2n) is 7.82. The Morgan fingerprint density at radius 3 is 2.45 bits per heavy atom. The van der Waals surface area contributed by atoms with Crippen LogP contribution in [0.3, 0.4) is 0 Å². The molecule has 0 spiro atoms. The number of hydrogen-bond donors (Lipinski definition) is 0. The van der Waals surface area contributed by atoms with Crippen LogP contribution in [0.25, 0.3) is 11.1 Å². The molecular formula is C25H27N3O. The number of carbonyl (C=O) groups excluding carboxylic acids is 1. The van der Waals surface area contributed by atoms with Crippen molar-refractivity contribution in [2.45, 2.75) is 13.0 Å². The molecule has 0 saturated carbocycles. The summed E-state index contributed by atoms with van der Waals surface area (Å²) in [7, 11) is 1.92. The molecule has 4 rings (SSSR count). The Hall–Kier alpha value is -2.98. The number of carbonyl (C=O) groups is 1. The number of likely N-dealkylation sites (N-methyl/N-ethyl adjacent to an activating group) is 1. The van der Waals surface area contributed by atoms with Crippen LogP contribution in [0.15, 0.2) is 79.1 Å². The number of aromatic nitrogens is 1. The molecule has 148 valence electrons. The second kappa shape index (κ2) is 9.01. The molecule has 2 aromatic carbocycles. The summed E-state index contributed by atoms with van der Waals surface area (Å²) in [5, 5.41) is 0. The average molecular weight is 386 g/mol. The van der Waals surface area contributed by atoms with E-state index in [1.807, 2.05) is 30.4 Å². The summed E-state index contributed by atoms with van der Waals surface area (Å²) >= 11 is 0. The first-order chi connectivity index (χ1) is 14.2. The predicted molar refractivity (Wildman–Crippen MR) is 116 cm³/mol. The maximum Gasteiger partial charge on any atom is 0.227 e. The van der Waals surface area contributed by atoms with Crippen molar-refractivity contribution in [1.82, 2.24) is 14.8 Å². The van der Waals surface area contributed by atoms with Crippen molar-refractivity contribution in [3.8, 4) is 11.1 Å². The Morgan fingerprint density at radius 1 is 0.897 bits per heavy atom. The maximum atomic E-state index is 13.0. The van der Waals surface area contributed by atoms with Gasteiger partial charge < -0.3 is 4.90 Å². The van der Waals surface area contributed by atoms with Crippen LogP contribution >= 0.6 is 0 Å². The van der Waals surface area contributed by atoms with E-state index >= 15 is 0 Å². The molecule has 0 aliphatic carbocycles. The zero-order valence-electron chi connectivity index (χ0n) is 16.9. The Bertz CT molecular complexity index is 943. The van der Waals surface area contributed by atoms with Crippen LogP contribution in [-0.4, -0.2) is 47.4 Å². The zero-order chi connectivity index (χ0) is 20.1. The minimum absolute atomic E-state index is 0.0321. The molecule has 1 atom stereocenters. The molecule has 29 heavy (non-hydrogen) atoms. The molecule has 4 nitrogen and oxygen atoms in total. The summed E-state index contributed by atoms with van der Waals surface area (Å²) in [5.41, 5.74) is 4.86. The van der Waals surface area contributed by atoms with Gasteiger partial charge in [-0.25, -0.2) is 0 Å². The van der Waals surface area contributed by atoms with Crippen molar-refractivity contribution >= 4 is 5.91 Å². The summed E-state index contributed by atoms with van der Waals surface area (Å²) < 4.78 is 0. The van der Waals surface area contributed by atoms with Gasteiger partial charge >= 0.3 is 0 Å². The van der Waals surface area contributed by atoms with E-state index in [0.29, 0.717) is 0 Å². The van der Waals surface area contributed by atoms with Crippen LogP contribution < -0.4 is 0 Å². The van der Waals surface area contributed by atoms with Gasteiger partial charge in [-0.2, -0.15) is 0 Å². The van der Waals surface area contributed by atoms with E-state index in [2.05, 4.69) is 70.5 Å². The van der Waals surface area contributed by atoms with Crippen molar-refractivity contribution in [1.29, 1.82) is 0 Å².